The van der Waals surface area contributed by atoms with Gasteiger partial charge in [-0.05, 0) is 35.4 Å². The average molecular weight is 326 g/mol. The fourth-order valence-corrected chi connectivity index (χ4v) is 2.37. The van der Waals surface area contributed by atoms with E-state index in [1.165, 1.54) is 0 Å². The van der Waals surface area contributed by atoms with Crippen LogP contribution in [-0.4, -0.2) is 15.5 Å². The van der Waals surface area contributed by atoms with E-state index in [4.69, 9.17) is 11.6 Å². The van der Waals surface area contributed by atoms with E-state index in [9.17, 15) is 4.79 Å². The minimum atomic E-state index is -0.0888. The SMILES string of the molecule is O=C(NCc1ccc(Cl)cc1)c1ccc(Cn2ccnc2)cc1. The molecule has 2 aromatic carbocycles. The highest BCUT2D eigenvalue weighted by Gasteiger charge is 2.05. The van der Waals surface area contributed by atoms with Gasteiger partial charge in [-0.15, -0.1) is 0 Å². The van der Waals surface area contributed by atoms with Crippen LogP contribution in [0, 0.1) is 0 Å². The summed E-state index contributed by atoms with van der Waals surface area (Å²) in [6, 6.07) is 15.0. The van der Waals surface area contributed by atoms with Crippen LogP contribution < -0.4 is 5.32 Å². The molecule has 1 aromatic heterocycles. The normalized spacial score (nSPS) is 10.5. The smallest absolute Gasteiger partial charge is 0.251 e. The summed E-state index contributed by atoms with van der Waals surface area (Å²) in [5.41, 5.74) is 2.78. The summed E-state index contributed by atoms with van der Waals surface area (Å²) >= 11 is 5.84. The lowest BCUT2D eigenvalue weighted by atomic mass is 10.1. The molecule has 0 aliphatic rings. The summed E-state index contributed by atoms with van der Waals surface area (Å²) in [5, 5.41) is 3.59. The number of nitrogens with zero attached hydrogens (tertiary/aromatic N) is 2. The Morgan fingerprint density at radius 3 is 2.39 bits per heavy atom. The summed E-state index contributed by atoms with van der Waals surface area (Å²) in [4.78, 5) is 16.2. The minimum absolute atomic E-state index is 0.0888. The van der Waals surface area contributed by atoms with Gasteiger partial charge in [-0.2, -0.15) is 0 Å². The molecule has 3 aromatic rings. The molecule has 0 saturated carbocycles. The second-order valence-electron chi connectivity index (χ2n) is 5.24. The third-order valence-electron chi connectivity index (χ3n) is 3.51. The Balaban J connectivity index is 1.58. The van der Waals surface area contributed by atoms with Crippen molar-refractivity contribution in [2.75, 3.05) is 0 Å². The number of hydrogen-bond donors (Lipinski definition) is 1. The van der Waals surface area contributed by atoms with Crippen LogP contribution in [0.25, 0.3) is 0 Å². The Bertz CT molecular complexity index is 765. The average Bonchev–Trinajstić information content (AvgIpc) is 3.08. The molecule has 1 N–H and O–H groups in total. The van der Waals surface area contributed by atoms with Gasteiger partial charge < -0.3 is 9.88 Å². The molecule has 116 valence electrons. The number of halogens is 1. The van der Waals surface area contributed by atoms with Gasteiger partial charge in [-0.3, -0.25) is 4.79 Å². The third-order valence-corrected chi connectivity index (χ3v) is 3.76. The van der Waals surface area contributed by atoms with E-state index in [0.29, 0.717) is 17.1 Å². The second kappa shape index (κ2) is 7.11. The van der Waals surface area contributed by atoms with Crippen LogP contribution in [0.15, 0.2) is 67.3 Å². The first kappa shape index (κ1) is 15.3. The fourth-order valence-electron chi connectivity index (χ4n) is 2.24. The largest absolute Gasteiger partial charge is 0.348 e. The van der Waals surface area contributed by atoms with Crippen LogP contribution in [0.3, 0.4) is 0 Å². The van der Waals surface area contributed by atoms with Crippen molar-refractivity contribution >= 4 is 17.5 Å². The maximum atomic E-state index is 12.2. The van der Waals surface area contributed by atoms with Crippen molar-refractivity contribution in [1.82, 2.24) is 14.9 Å². The van der Waals surface area contributed by atoms with Crippen LogP contribution in [0.2, 0.25) is 5.02 Å². The summed E-state index contributed by atoms with van der Waals surface area (Å²) < 4.78 is 1.98. The molecule has 3 rings (SSSR count). The lowest BCUT2D eigenvalue weighted by Gasteiger charge is -2.07. The number of nitrogens with one attached hydrogen (secondary N) is 1. The molecule has 0 spiro atoms. The van der Waals surface area contributed by atoms with Gasteiger partial charge in [0.2, 0.25) is 0 Å². The van der Waals surface area contributed by atoms with Gasteiger partial charge in [-0.1, -0.05) is 35.9 Å². The minimum Gasteiger partial charge on any atom is -0.348 e. The number of benzene rings is 2. The van der Waals surface area contributed by atoms with E-state index in [-0.39, 0.29) is 5.91 Å². The van der Waals surface area contributed by atoms with Crippen LogP contribution in [0.1, 0.15) is 21.5 Å². The Morgan fingerprint density at radius 2 is 1.74 bits per heavy atom. The number of rotatable bonds is 5. The fraction of sp³-hybridized carbons (Fsp3) is 0.111. The molecule has 0 fully saturated rings. The number of amides is 1. The van der Waals surface area contributed by atoms with Gasteiger partial charge in [0.1, 0.15) is 0 Å². The quantitative estimate of drug-likeness (QED) is 0.780. The lowest BCUT2D eigenvalue weighted by Crippen LogP contribution is -2.22. The highest BCUT2D eigenvalue weighted by Crippen LogP contribution is 2.10. The summed E-state index contributed by atoms with van der Waals surface area (Å²) in [7, 11) is 0. The predicted molar refractivity (Wildman–Crippen MR) is 90.4 cm³/mol. The van der Waals surface area contributed by atoms with Crippen molar-refractivity contribution in [2.45, 2.75) is 13.1 Å². The summed E-state index contributed by atoms with van der Waals surface area (Å²) in [5.74, 6) is -0.0888. The Hall–Kier alpha value is -2.59. The van der Waals surface area contributed by atoms with Crippen LogP contribution in [-0.2, 0) is 13.1 Å². The highest BCUT2D eigenvalue weighted by molar-refractivity contribution is 6.30. The van der Waals surface area contributed by atoms with Crippen molar-refractivity contribution in [2.24, 2.45) is 0 Å². The highest BCUT2D eigenvalue weighted by atomic mass is 35.5. The molecule has 4 nitrogen and oxygen atoms in total. The molecule has 1 amide bonds. The van der Waals surface area contributed by atoms with Crippen LogP contribution in [0.4, 0.5) is 0 Å². The number of aromatic nitrogens is 2. The van der Waals surface area contributed by atoms with Gasteiger partial charge in [0.15, 0.2) is 0 Å². The molecule has 0 aliphatic heterocycles. The maximum Gasteiger partial charge on any atom is 0.251 e. The standard InChI is InChI=1S/C18H16ClN3O/c19-17-7-3-14(4-8-17)11-21-18(23)16-5-1-15(2-6-16)12-22-10-9-20-13-22/h1-10,13H,11-12H2,(H,21,23). The van der Waals surface area contributed by atoms with Crippen molar-refractivity contribution < 1.29 is 4.79 Å². The van der Waals surface area contributed by atoms with Crippen molar-refractivity contribution in [3.8, 4) is 0 Å². The van der Waals surface area contributed by atoms with Gasteiger partial charge in [-0.25, -0.2) is 4.98 Å². The first-order chi connectivity index (χ1) is 11.2. The van der Waals surface area contributed by atoms with Crippen molar-refractivity contribution in [1.29, 1.82) is 0 Å². The van der Waals surface area contributed by atoms with E-state index in [2.05, 4.69) is 10.3 Å². The van der Waals surface area contributed by atoms with E-state index in [0.717, 1.165) is 17.7 Å². The van der Waals surface area contributed by atoms with E-state index >= 15 is 0 Å². The van der Waals surface area contributed by atoms with E-state index in [1.54, 1.807) is 12.5 Å². The summed E-state index contributed by atoms with van der Waals surface area (Å²) in [6.07, 6.45) is 5.43. The first-order valence-electron chi connectivity index (χ1n) is 7.28. The maximum absolute atomic E-state index is 12.2. The first-order valence-corrected chi connectivity index (χ1v) is 7.66. The number of carbonyl (C=O) groups is 1. The Kier molecular flexibility index (Phi) is 4.74. The van der Waals surface area contributed by atoms with E-state index in [1.807, 2.05) is 59.3 Å². The second-order valence-corrected chi connectivity index (χ2v) is 5.68. The number of carbonyl (C=O) groups excluding carboxylic acids is 1. The van der Waals surface area contributed by atoms with Gasteiger partial charge in [0.05, 0.1) is 6.33 Å². The molecular formula is C18H16ClN3O. The van der Waals surface area contributed by atoms with E-state index < -0.39 is 0 Å². The lowest BCUT2D eigenvalue weighted by molar-refractivity contribution is 0.0951. The molecule has 0 radical (unpaired) electrons. The summed E-state index contributed by atoms with van der Waals surface area (Å²) in [6.45, 7) is 1.22. The molecule has 0 saturated heterocycles. The molecular weight excluding hydrogens is 310 g/mol. The molecule has 0 bridgehead atoms. The topological polar surface area (TPSA) is 46.9 Å². The third kappa shape index (κ3) is 4.20. The Labute approximate surface area is 139 Å². The van der Waals surface area contributed by atoms with Gasteiger partial charge in [0.25, 0.3) is 5.91 Å². The number of hydrogen-bond acceptors (Lipinski definition) is 2. The number of imidazole rings is 1. The van der Waals surface area contributed by atoms with Crippen LogP contribution >= 0.6 is 11.6 Å². The molecule has 0 unspecified atom stereocenters. The van der Waals surface area contributed by atoms with Crippen LogP contribution in [0.5, 0.6) is 0 Å². The van der Waals surface area contributed by atoms with Gasteiger partial charge >= 0.3 is 0 Å². The zero-order chi connectivity index (χ0) is 16.1. The molecule has 5 heteroatoms. The molecule has 1 heterocycles. The predicted octanol–water partition coefficient (Wildman–Crippen LogP) is 3.51. The monoisotopic (exact) mass is 325 g/mol. The zero-order valence-corrected chi connectivity index (χ0v) is 13.2. The van der Waals surface area contributed by atoms with Crippen molar-refractivity contribution in [3.05, 3.63) is 89.0 Å². The van der Waals surface area contributed by atoms with Crippen molar-refractivity contribution in [3.63, 3.8) is 0 Å². The molecule has 23 heavy (non-hydrogen) atoms. The molecule has 0 atom stereocenters. The Morgan fingerprint density at radius 1 is 1.04 bits per heavy atom. The molecule has 0 aliphatic carbocycles. The zero-order valence-electron chi connectivity index (χ0n) is 12.4. The van der Waals surface area contributed by atoms with Gasteiger partial charge in [0, 0.05) is 36.1 Å².